The maximum absolute atomic E-state index is 13.3. The molecule has 0 heterocycles. The van der Waals surface area contributed by atoms with Crippen LogP contribution in [0.5, 0.6) is 0 Å². The fraction of sp³-hybridized carbons (Fsp3) is 0.350. The van der Waals surface area contributed by atoms with Crippen LogP contribution in [0.15, 0.2) is 47.5 Å². The first-order valence-corrected chi connectivity index (χ1v) is 8.27. The molecule has 0 aliphatic rings. The van der Waals surface area contributed by atoms with Crippen molar-refractivity contribution >= 4 is 24.0 Å². The van der Waals surface area contributed by atoms with Gasteiger partial charge < -0.3 is 0 Å². The lowest BCUT2D eigenvalue weighted by molar-refractivity contribution is 0.619. The van der Waals surface area contributed by atoms with Gasteiger partial charge in [0.1, 0.15) is 5.82 Å². The smallest absolute Gasteiger partial charge is 0.123 e. The fourth-order valence-corrected chi connectivity index (χ4v) is 2.86. The molecule has 2 atom stereocenters. The van der Waals surface area contributed by atoms with Crippen molar-refractivity contribution in [1.29, 1.82) is 0 Å². The molecule has 2 unspecified atom stereocenters. The number of thiol groups is 1. The molecule has 0 amide bonds. The third-order valence-corrected chi connectivity index (χ3v) is 5.32. The van der Waals surface area contributed by atoms with Gasteiger partial charge in [0.2, 0.25) is 0 Å². The van der Waals surface area contributed by atoms with Crippen molar-refractivity contribution in [2.45, 2.75) is 45.3 Å². The molecule has 0 radical (unpaired) electrons. The van der Waals surface area contributed by atoms with Crippen molar-refractivity contribution in [2.75, 3.05) is 0 Å². The van der Waals surface area contributed by atoms with Crippen LogP contribution in [0.4, 0.5) is 10.1 Å². The Balaban J connectivity index is 2.33. The van der Waals surface area contributed by atoms with E-state index in [0.717, 1.165) is 22.5 Å². The van der Waals surface area contributed by atoms with E-state index in [9.17, 15) is 4.39 Å². The highest BCUT2D eigenvalue weighted by atomic mass is 32.1. The number of nitrogens with zero attached hydrogens (tertiary/aromatic N) is 1. The van der Waals surface area contributed by atoms with Gasteiger partial charge in [-0.1, -0.05) is 30.7 Å². The maximum atomic E-state index is 13.3. The van der Waals surface area contributed by atoms with Crippen LogP contribution >= 0.6 is 12.6 Å². The van der Waals surface area contributed by atoms with Crippen LogP contribution in [-0.2, 0) is 0 Å². The van der Waals surface area contributed by atoms with Gasteiger partial charge in [0.05, 0.1) is 10.4 Å². The molecule has 0 saturated carbocycles. The normalized spacial score (nSPS) is 16.0. The zero-order valence-corrected chi connectivity index (χ0v) is 15.3. The predicted molar refractivity (Wildman–Crippen MR) is 101 cm³/mol. The number of benzene rings is 2. The largest absolute Gasteiger partial charge is 0.257 e. The van der Waals surface area contributed by atoms with E-state index in [4.69, 9.17) is 17.6 Å². The molecule has 2 aromatic rings. The Morgan fingerprint density at radius 1 is 1.13 bits per heavy atom. The standard InChI is InChI=1S/C20H24FNS/c1-13-6-9-18(10-7-13)22-16(4)20(5,23)15(3)19-11-8-17(21)12-14(19)2/h6-12,15,23H,1-5H3/b22-16+. The maximum Gasteiger partial charge on any atom is 0.123 e. The summed E-state index contributed by atoms with van der Waals surface area (Å²) < 4.78 is 12.9. The molecule has 0 spiro atoms. The Morgan fingerprint density at radius 3 is 2.30 bits per heavy atom. The molecule has 2 rings (SSSR count). The molecule has 0 aromatic heterocycles. The highest BCUT2D eigenvalue weighted by Gasteiger charge is 2.32. The fourth-order valence-electron chi connectivity index (χ4n) is 2.67. The van der Waals surface area contributed by atoms with Crippen LogP contribution in [0.3, 0.4) is 0 Å². The van der Waals surface area contributed by atoms with Gasteiger partial charge in [0.15, 0.2) is 0 Å². The van der Waals surface area contributed by atoms with Crippen LogP contribution in [-0.4, -0.2) is 10.5 Å². The van der Waals surface area contributed by atoms with Gasteiger partial charge in [-0.15, -0.1) is 0 Å². The van der Waals surface area contributed by atoms with Gasteiger partial charge in [-0.3, -0.25) is 4.99 Å². The first-order chi connectivity index (χ1) is 10.7. The lowest BCUT2D eigenvalue weighted by Gasteiger charge is -2.32. The highest BCUT2D eigenvalue weighted by molar-refractivity contribution is 7.82. The molecule has 0 N–H and O–H groups in total. The van der Waals surface area contributed by atoms with E-state index in [1.54, 1.807) is 6.07 Å². The van der Waals surface area contributed by atoms with E-state index < -0.39 is 4.75 Å². The van der Waals surface area contributed by atoms with Crippen molar-refractivity contribution in [1.82, 2.24) is 0 Å². The second-order valence-corrected chi connectivity index (χ2v) is 7.33. The molecule has 0 aliphatic carbocycles. The van der Waals surface area contributed by atoms with E-state index in [-0.39, 0.29) is 11.7 Å². The third-order valence-electron chi connectivity index (χ3n) is 4.60. The molecular weight excluding hydrogens is 305 g/mol. The van der Waals surface area contributed by atoms with Crippen molar-refractivity contribution in [2.24, 2.45) is 4.99 Å². The summed E-state index contributed by atoms with van der Waals surface area (Å²) in [7, 11) is 0. The minimum absolute atomic E-state index is 0.112. The molecular formula is C20H24FNS. The Labute approximate surface area is 144 Å². The summed E-state index contributed by atoms with van der Waals surface area (Å²) in [6.45, 7) is 10.2. The van der Waals surface area contributed by atoms with Gasteiger partial charge in [0.25, 0.3) is 0 Å². The van der Waals surface area contributed by atoms with E-state index >= 15 is 0 Å². The topological polar surface area (TPSA) is 12.4 Å². The third kappa shape index (κ3) is 4.03. The number of halogens is 1. The Morgan fingerprint density at radius 2 is 1.74 bits per heavy atom. The van der Waals surface area contributed by atoms with Crippen molar-refractivity contribution < 1.29 is 4.39 Å². The second kappa shape index (κ2) is 6.88. The summed E-state index contributed by atoms with van der Waals surface area (Å²) in [5, 5.41) is 0. The van der Waals surface area contributed by atoms with Gasteiger partial charge in [-0.2, -0.15) is 12.6 Å². The van der Waals surface area contributed by atoms with E-state index in [1.165, 1.54) is 11.6 Å². The number of hydrogen-bond acceptors (Lipinski definition) is 2. The zero-order chi connectivity index (χ0) is 17.2. The molecule has 122 valence electrons. The molecule has 1 nitrogen and oxygen atoms in total. The van der Waals surface area contributed by atoms with Crippen LogP contribution in [0.25, 0.3) is 0 Å². The Kier molecular flexibility index (Phi) is 5.30. The van der Waals surface area contributed by atoms with E-state index in [0.29, 0.717) is 0 Å². The average molecular weight is 329 g/mol. The quantitative estimate of drug-likeness (QED) is 0.519. The lowest BCUT2D eigenvalue weighted by Crippen LogP contribution is -2.33. The van der Waals surface area contributed by atoms with Crippen molar-refractivity contribution in [3.05, 3.63) is 65.0 Å². The zero-order valence-electron chi connectivity index (χ0n) is 14.4. The first kappa shape index (κ1) is 17.7. The summed E-state index contributed by atoms with van der Waals surface area (Å²) in [6, 6.07) is 13.1. The van der Waals surface area contributed by atoms with Gasteiger partial charge in [-0.05, 0) is 63.1 Å². The molecule has 3 heteroatoms. The molecule has 0 bridgehead atoms. The lowest BCUT2D eigenvalue weighted by atomic mass is 9.83. The van der Waals surface area contributed by atoms with Crippen LogP contribution in [0.2, 0.25) is 0 Å². The first-order valence-electron chi connectivity index (χ1n) is 7.82. The van der Waals surface area contributed by atoms with Gasteiger partial charge in [-0.25, -0.2) is 4.39 Å². The van der Waals surface area contributed by atoms with Crippen LogP contribution < -0.4 is 0 Å². The van der Waals surface area contributed by atoms with E-state index in [2.05, 4.69) is 32.9 Å². The monoisotopic (exact) mass is 329 g/mol. The summed E-state index contributed by atoms with van der Waals surface area (Å²) in [5.74, 6) is -0.0926. The molecule has 0 saturated heterocycles. The minimum atomic E-state index is -0.423. The average Bonchev–Trinajstić information content (AvgIpc) is 2.49. The summed E-state index contributed by atoms with van der Waals surface area (Å²) >= 11 is 4.89. The number of aryl methyl sites for hydroxylation is 2. The van der Waals surface area contributed by atoms with Gasteiger partial charge in [0, 0.05) is 11.6 Å². The summed E-state index contributed by atoms with van der Waals surface area (Å²) in [5.41, 5.74) is 5.13. The van der Waals surface area contributed by atoms with Crippen LogP contribution in [0, 0.1) is 19.7 Å². The van der Waals surface area contributed by atoms with Crippen molar-refractivity contribution in [3.63, 3.8) is 0 Å². The molecule has 2 aromatic carbocycles. The second-order valence-electron chi connectivity index (χ2n) is 6.40. The predicted octanol–water partition coefficient (Wildman–Crippen LogP) is 6.03. The number of rotatable bonds is 4. The number of aliphatic imine (C=N–C) groups is 1. The SMILES string of the molecule is C/C(=N\c1ccc(C)cc1)C(C)(S)C(C)c1ccc(F)cc1C. The molecule has 0 fully saturated rings. The van der Waals surface area contributed by atoms with Crippen molar-refractivity contribution in [3.8, 4) is 0 Å². The molecule has 23 heavy (non-hydrogen) atoms. The Hall–Kier alpha value is -1.61. The Bertz CT molecular complexity index is 717. The van der Waals surface area contributed by atoms with Gasteiger partial charge >= 0.3 is 0 Å². The summed E-state index contributed by atoms with van der Waals surface area (Å²) in [4.78, 5) is 4.73. The van der Waals surface area contributed by atoms with Crippen LogP contribution in [0.1, 0.15) is 43.4 Å². The minimum Gasteiger partial charge on any atom is -0.257 e. The van der Waals surface area contributed by atoms with E-state index in [1.807, 2.05) is 32.0 Å². The highest BCUT2D eigenvalue weighted by Crippen LogP contribution is 2.37. The summed E-state index contributed by atoms with van der Waals surface area (Å²) in [6.07, 6.45) is 0. The molecule has 0 aliphatic heterocycles. The number of hydrogen-bond donors (Lipinski definition) is 1.